The van der Waals surface area contributed by atoms with Crippen LogP contribution in [0.5, 0.6) is 0 Å². The number of hydrogen-bond donors (Lipinski definition) is 0. The molecule has 11 heavy (non-hydrogen) atoms. The summed E-state index contributed by atoms with van der Waals surface area (Å²) in [6, 6.07) is 0. The van der Waals surface area contributed by atoms with E-state index < -0.39 is 0 Å². The fourth-order valence-corrected chi connectivity index (χ4v) is 0. The second-order valence-corrected chi connectivity index (χ2v) is 0. The molecule has 0 bridgehead atoms. The molecule has 0 rings (SSSR count). The van der Waals surface area contributed by atoms with Crippen molar-refractivity contribution in [1.29, 1.82) is 21.0 Å². The molecular formula is C4FeN4Na2. The fourth-order valence-electron chi connectivity index (χ4n) is 0. The summed E-state index contributed by atoms with van der Waals surface area (Å²) < 4.78 is 0. The Morgan fingerprint density at radius 2 is 0.455 bits per heavy atom. The normalized spacial score (nSPS) is 0.727. The first-order chi connectivity index (χ1) is 4.00. The molecule has 0 atom stereocenters. The molecule has 46 valence electrons. The smallest absolute Gasteiger partial charge is 0.512 e. The summed E-state index contributed by atoms with van der Waals surface area (Å²) in [5.74, 6) is 0. The van der Waals surface area contributed by atoms with E-state index >= 15 is 0 Å². The third kappa shape index (κ3) is 3280. The van der Waals surface area contributed by atoms with Gasteiger partial charge in [0.15, 0.2) is 0 Å². The molecule has 0 spiro atoms. The van der Waals surface area contributed by atoms with E-state index in [1.54, 1.807) is 0 Å². The van der Waals surface area contributed by atoms with Gasteiger partial charge < -0.3 is 47.3 Å². The molecule has 0 aliphatic rings. The summed E-state index contributed by atoms with van der Waals surface area (Å²) >= 11 is 0. The van der Waals surface area contributed by atoms with Gasteiger partial charge in [-0.05, 0) is 0 Å². The Labute approximate surface area is 122 Å². The first-order valence-electron chi connectivity index (χ1n) is 0.894. The minimum atomic E-state index is 0. The van der Waals surface area contributed by atoms with Gasteiger partial charge in [0.1, 0.15) is 0 Å². The van der Waals surface area contributed by atoms with Crippen LogP contribution in [0.15, 0.2) is 0 Å². The van der Waals surface area contributed by atoms with Gasteiger partial charge in [-0.15, -0.1) is 0 Å². The molecule has 0 aromatic rings. The Kier molecular flexibility index (Phi) is 23400. The quantitative estimate of drug-likeness (QED) is 0.291. The summed E-state index contributed by atoms with van der Waals surface area (Å²) in [6.45, 7) is 19.0. The maximum Gasteiger partial charge on any atom is 2.00 e. The predicted octanol–water partition coefficient (Wildman–Crippen LogP) is -5.61. The van der Waals surface area contributed by atoms with E-state index in [2.05, 4.69) is 0 Å². The molecule has 7 heteroatoms. The van der Waals surface area contributed by atoms with Crippen LogP contribution in [0.2, 0.25) is 0 Å². The van der Waals surface area contributed by atoms with Crippen LogP contribution in [-0.2, 0) is 17.1 Å². The van der Waals surface area contributed by atoms with Gasteiger partial charge in [0.25, 0.3) is 0 Å². The average molecular weight is 206 g/mol. The Morgan fingerprint density at radius 1 is 0.455 bits per heavy atom. The van der Waals surface area contributed by atoms with Crippen molar-refractivity contribution in [1.82, 2.24) is 0 Å². The van der Waals surface area contributed by atoms with Crippen molar-refractivity contribution in [3.8, 4) is 0 Å². The monoisotopic (exact) mass is 206 g/mol. The first kappa shape index (κ1) is 62.8. The third-order valence-electron chi connectivity index (χ3n) is 0. The van der Waals surface area contributed by atoms with E-state index in [0.29, 0.717) is 0 Å². The molecule has 0 N–H and O–H groups in total. The molecule has 0 aliphatic carbocycles. The predicted molar refractivity (Wildman–Crippen MR) is 19.9 cm³/mol. The minimum absolute atomic E-state index is 0. The second-order valence-electron chi connectivity index (χ2n) is 0. The van der Waals surface area contributed by atoms with Crippen LogP contribution in [0.4, 0.5) is 0 Å². The zero-order chi connectivity index (χ0) is 8.00. The molecule has 0 saturated carbocycles. The standard InChI is InChI=1S/4CN.Fe.2Na/c4*1-2;;;/q4*-1;+2;2*+1. The van der Waals surface area contributed by atoms with E-state index in [1.165, 1.54) is 0 Å². The zero-order valence-electron chi connectivity index (χ0n) is 6.14. The molecule has 0 aromatic heterocycles. The van der Waals surface area contributed by atoms with E-state index in [0.717, 1.165) is 0 Å². The summed E-state index contributed by atoms with van der Waals surface area (Å²) in [6.07, 6.45) is 0. The van der Waals surface area contributed by atoms with Crippen LogP contribution in [0.3, 0.4) is 0 Å². The van der Waals surface area contributed by atoms with Gasteiger partial charge >= 0.3 is 76.2 Å². The fraction of sp³-hybridized carbons (Fsp3) is 0. The SMILES string of the molecule is [C-]#N.[C-]#N.[C-]#N.[C-]#N.[Fe+2].[Na+].[Na+]. The van der Waals surface area contributed by atoms with Gasteiger partial charge in [-0.25, -0.2) is 0 Å². The average Bonchev–Trinajstić information content (AvgIpc) is 2.03. The van der Waals surface area contributed by atoms with Crippen molar-refractivity contribution in [2.75, 3.05) is 0 Å². The van der Waals surface area contributed by atoms with Gasteiger partial charge in [0, 0.05) is 0 Å². The molecule has 0 heterocycles. The maximum atomic E-state index is 6.25. The van der Waals surface area contributed by atoms with Crippen LogP contribution in [0.1, 0.15) is 0 Å². The van der Waals surface area contributed by atoms with E-state index in [9.17, 15) is 0 Å². The number of rotatable bonds is 0. The maximum absolute atomic E-state index is 6.25. The molecule has 0 aromatic carbocycles. The molecule has 4 nitrogen and oxygen atoms in total. The van der Waals surface area contributed by atoms with Crippen molar-refractivity contribution in [2.45, 2.75) is 0 Å². The molecule has 0 saturated heterocycles. The first-order valence-corrected chi connectivity index (χ1v) is 0.894. The topological polar surface area (TPSA) is 95.2 Å². The van der Waals surface area contributed by atoms with Gasteiger partial charge in [0.05, 0.1) is 0 Å². The van der Waals surface area contributed by atoms with Crippen molar-refractivity contribution in [2.24, 2.45) is 0 Å². The van der Waals surface area contributed by atoms with Crippen molar-refractivity contribution in [3.63, 3.8) is 0 Å². The van der Waals surface area contributed by atoms with Crippen LogP contribution in [0, 0.1) is 47.3 Å². The summed E-state index contributed by atoms with van der Waals surface area (Å²) in [5, 5.41) is 25.0. The van der Waals surface area contributed by atoms with E-state index in [4.69, 9.17) is 47.3 Å². The van der Waals surface area contributed by atoms with E-state index in [-0.39, 0.29) is 76.2 Å². The van der Waals surface area contributed by atoms with Gasteiger partial charge in [0.2, 0.25) is 0 Å². The molecule has 0 amide bonds. The van der Waals surface area contributed by atoms with Crippen LogP contribution >= 0.6 is 0 Å². The van der Waals surface area contributed by atoms with Crippen LogP contribution in [-0.4, -0.2) is 0 Å². The number of hydrogen-bond acceptors (Lipinski definition) is 4. The summed E-state index contributed by atoms with van der Waals surface area (Å²) in [4.78, 5) is 0. The van der Waals surface area contributed by atoms with E-state index in [1.807, 2.05) is 0 Å². The molecule has 0 radical (unpaired) electrons. The van der Waals surface area contributed by atoms with Crippen LogP contribution in [0.25, 0.3) is 0 Å². The molecule has 0 unspecified atom stereocenters. The van der Waals surface area contributed by atoms with Crippen molar-refractivity contribution < 1.29 is 76.2 Å². The summed E-state index contributed by atoms with van der Waals surface area (Å²) in [7, 11) is 0. The Morgan fingerprint density at radius 3 is 0.455 bits per heavy atom. The summed E-state index contributed by atoms with van der Waals surface area (Å²) in [5.41, 5.74) is 0. The van der Waals surface area contributed by atoms with Crippen LogP contribution < -0.4 is 59.1 Å². The van der Waals surface area contributed by atoms with Crippen molar-refractivity contribution >= 4 is 0 Å². The zero-order valence-corrected chi connectivity index (χ0v) is 11.2. The Bertz CT molecular complexity index is 63.1. The molecule has 0 aliphatic heterocycles. The van der Waals surface area contributed by atoms with Gasteiger partial charge in [-0.3, -0.25) is 0 Å². The third-order valence-corrected chi connectivity index (χ3v) is 0. The second kappa shape index (κ2) is 4100. The molecule has 0 fully saturated rings. The van der Waals surface area contributed by atoms with Gasteiger partial charge in [-0.1, -0.05) is 0 Å². The van der Waals surface area contributed by atoms with Gasteiger partial charge in [-0.2, -0.15) is 0 Å². The minimum Gasteiger partial charge on any atom is -0.512 e. The molecular weight excluding hydrogens is 206 g/mol. The largest absolute Gasteiger partial charge is 2.00 e. The number of nitrogens with zero attached hydrogens (tertiary/aromatic N) is 4. The van der Waals surface area contributed by atoms with Crippen molar-refractivity contribution in [3.05, 3.63) is 26.3 Å². The Hall–Kier alpha value is 0.479. The Balaban J connectivity index is -0.00000000356.